The second kappa shape index (κ2) is 4.90. The van der Waals surface area contributed by atoms with Crippen LogP contribution in [0, 0.1) is 6.92 Å². The van der Waals surface area contributed by atoms with Gasteiger partial charge in [0.05, 0.1) is 6.20 Å². The van der Waals surface area contributed by atoms with E-state index in [0.717, 1.165) is 13.1 Å². The predicted molar refractivity (Wildman–Crippen MR) is 76.8 cm³/mol. The second-order valence-corrected chi connectivity index (χ2v) is 4.86. The maximum Gasteiger partial charge on any atom is 0.0532 e. The quantitative estimate of drug-likeness (QED) is 0.751. The highest BCUT2D eigenvalue weighted by molar-refractivity contribution is 5.85. The van der Waals surface area contributed by atoms with Gasteiger partial charge in [0, 0.05) is 48.5 Å². The first kappa shape index (κ1) is 12.0. The van der Waals surface area contributed by atoms with E-state index in [4.69, 9.17) is 0 Å². The Morgan fingerprint density at radius 3 is 2.84 bits per heavy atom. The van der Waals surface area contributed by atoms with Crippen molar-refractivity contribution in [3.8, 4) is 0 Å². The maximum absolute atomic E-state index is 3.95. The fraction of sp³-hybridized carbons (Fsp3) is 0.267. The summed E-state index contributed by atoms with van der Waals surface area (Å²) in [6.45, 7) is 3.89. The number of H-pyrrole nitrogens is 1. The lowest BCUT2D eigenvalue weighted by atomic mass is 10.1. The molecule has 19 heavy (non-hydrogen) atoms. The average molecular weight is 254 g/mol. The molecule has 98 valence electrons. The number of fused-ring (bicyclic) bond motifs is 1. The van der Waals surface area contributed by atoms with Crippen molar-refractivity contribution in [3.05, 3.63) is 53.5 Å². The van der Waals surface area contributed by atoms with Crippen molar-refractivity contribution in [2.24, 2.45) is 7.05 Å². The van der Waals surface area contributed by atoms with Crippen molar-refractivity contribution in [3.63, 3.8) is 0 Å². The van der Waals surface area contributed by atoms with Gasteiger partial charge in [0.1, 0.15) is 0 Å². The number of para-hydroxylation sites is 1. The standard InChI is InChI=1S/C15H18N4/c1-11-13-5-3-4-6-14(13)19(2)15(11)10-16-7-12-8-17-18-9-12/h3-6,8-9,16H,7,10H2,1-2H3,(H,17,18). The van der Waals surface area contributed by atoms with E-state index in [0.29, 0.717) is 0 Å². The number of aromatic amines is 1. The van der Waals surface area contributed by atoms with Gasteiger partial charge in [0.15, 0.2) is 0 Å². The molecule has 0 aliphatic carbocycles. The van der Waals surface area contributed by atoms with Crippen molar-refractivity contribution < 1.29 is 0 Å². The lowest BCUT2D eigenvalue weighted by Crippen LogP contribution is -2.15. The predicted octanol–water partition coefficient (Wildman–Crippen LogP) is 2.50. The molecular weight excluding hydrogens is 236 g/mol. The molecule has 0 fully saturated rings. The number of aromatic nitrogens is 3. The Bertz CT molecular complexity index is 641. The van der Waals surface area contributed by atoms with E-state index in [1.807, 2.05) is 12.4 Å². The summed E-state index contributed by atoms with van der Waals surface area (Å²) in [5.74, 6) is 0. The number of rotatable bonds is 4. The van der Waals surface area contributed by atoms with E-state index in [2.05, 4.69) is 58.3 Å². The summed E-state index contributed by atoms with van der Waals surface area (Å²) < 4.78 is 2.27. The smallest absolute Gasteiger partial charge is 0.0532 e. The van der Waals surface area contributed by atoms with Crippen LogP contribution in [0.3, 0.4) is 0 Å². The van der Waals surface area contributed by atoms with E-state index in [1.54, 1.807) is 0 Å². The van der Waals surface area contributed by atoms with Crippen molar-refractivity contribution in [1.82, 2.24) is 20.1 Å². The van der Waals surface area contributed by atoms with Crippen molar-refractivity contribution >= 4 is 10.9 Å². The van der Waals surface area contributed by atoms with Crippen LogP contribution in [0.5, 0.6) is 0 Å². The van der Waals surface area contributed by atoms with E-state index in [9.17, 15) is 0 Å². The normalized spacial score (nSPS) is 11.3. The van der Waals surface area contributed by atoms with Gasteiger partial charge in [0.25, 0.3) is 0 Å². The summed E-state index contributed by atoms with van der Waals surface area (Å²) >= 11 is 0. The highest BCUT2D eigenvalue weighted by atomic mass is 15.1. The fourth-order valence-electron chi connectivity index (χ4n) is 2.59. The molecule has 0 spiro atoms. The Hall–Kier alpha value is -2.07. The number of hydrogen-bond acceptors (Lipinski definition) is 2. The third-order valence-electron chi connectivity index (χ3n) is 3.68. The fourth-order valence-corrected chi connectivity index (χ4v) is 2.59. The number of nitrogens with zero attached hydrogens (tertiary/aromatic N) is 2. The Labute approximate surface area is 112 Å². The SMILES string of the molecule is Cc1c(CNCc2cn[nH]c2)n(C)c2ccccc12. The summed E-state index contributed by atoms with van der Waals surface area (Å²) in [4.78, 5) is 0. The molecule has 0 unspecified atom stereocenters. The van der Waals surface area contributed by atoms with Gasteiger partial charge in [-0.1, -0.05) is 18.2 Å². The van der Waals surface area contributed by atoms with Crippen LogP contribution in [-0.2, 0) is 20.1 Å². The van der Waals surface area contributed by atoms with Gasteiger partial charge in [-0.05, 0) is 18.6 Å². The van der Waals surface area contributed by atoms with Crippen molar-refractivity contribution in [1.29, 1.82) is 0 Å². The Morgan fingerprint density at radius 1 is 1.26 bits per heavy atom. The topological polar surface area (TPSA) is 45.6 Å². The summed E-state index contributed by atoms with van der Waals surface area (Å²) in [5, 5.41) is 11.6. The molecule has 3 aromatic rings. The zero-order valence-electron chi connectivity index (χ0n) is 11.3. The van der Waals surface area contributed by atoms with Crippen LogP contribution in [0.25, 0.3) is 10.9 Å². The van der Waals surface area contributed by atoms with Gasteiger partial charge in [-0.25, -0.2) is 0 Å². The molecule has 0 bridgehead atoms. The molecule has 2 heterocycles. The molecule has 0 amide bonds. The highest BCUT2D eigenvalue weighted by Crippen LogP contribution is 2.24. The molecule has 2 aromatic heterocycles. The van der Waals surface area contributed by atoms with Crippen molar-refractivity contribution in [2.75, 3.05) is 0 Å². The first-order chi connectivity index (χ1) is 9.27. The summed E-state index contributed by atoms with van der Waals surface area (Å²) in [6, 6.07) is 8.54. The monoisotopic (exact) mass is 254 g/mol. The molecular formula is C15H18N4. The minimum atomic E-state index is 0.831. The number of hydrogen-bond donors (Lipinski definition) is 2. The molecule has 3 rings (SSSR count). The van der Waals surface area contributed by atoms with Gasteiger partial charge >= 0.3 is 0 Å². The largest absolute Gasteiger partial charge is 0.346 e. The summed E-state index contributed by atoms with van der Waals surface area (Å²) in [5.41, 5.74) is 5.17. The third-order valence-corrected chi connectivity index (χ3v) is 3.68. The molecule has 1 aromatic carbocycles. The number of benzene rings is 1. The van der Waals surface area contributed by atoms with Gasteiger partial charge in [-0.2, -0.15) is 5.10 Å². The average Bonchev–Trinajstić information content (AvgIpc) is 3.02. The van der Waals surface area contributed by atoms with E-state index < -0.39 is 0 Å². The van der Waals surface area contributed by atoms with Gasteiger partial charge in [0.2, 0.25) is 0 Å². The lowest BCUT2D eigenvalue weighted by molar-refractivity contribution is 0.657. The molecule has 0 radical (unpaired) electrons. The van der Waals surface area contributed by atoms with Crippen LogP contribution in [0.15, 0.2) is 36.7 Å². The Kier molecular flexibility index (Phi) is 3.09. The Morgan fingerprint density at radius 2 is 2.11 bits per heavy atom. The minimum Gasteiger partial charge on any atom is -0.346 e. The first-order valence-corrected chi connectivity index (χ1v) is 6.48. The van der Waals surface area contributed by atoms with E-state index in [-0.39, 0.29) is 0 Å². The molecule has 2 N–H and O–H groups in total. The summed E-state index contributed by atoms with van der Waals surface area (Å²) in [7, 11) is 2.13. The molecule has 0 saturated heterocycles. The van der Waals surface area contributed by atoms with Crippen LogP contribution < -0.4 is 5.32 Å². The van der Waals surface area contributed by atoms with Crippen LogP contribution in [0.2, 0.25) is 0 Å². The maximum atomic E-state index is 3.95. The number of nitrogens with one attached hydrogen (secondary N) is 2. The van der Waals surface area contributed by atoms with E-state index >= 15 is 0 Å². The lowest BCUT2D eigenvalue weighted by Gasteiger charge is -2.07. The van der Waals surface area contributed by atoms with Crippen LogP contribution in [0.4, 0.5) is 0 Å². The molecule has 0 aliphatic heterocycles. The minimum absolute atomic E-state index is 0.831. The van der Waals surface area contributed by atoms with Gasteiger partial charge in [-0.15, -0.1) is 0 Å². The summed E-state index contributed by atoms with van der Waals surface area (Å²) in [6.07, 6.45) is 3.77. The van der Waals surface area contributed by atoms with Crippen LogP contribution in [0.1, 0.15) is 16.8 Å². The number of aryl methyl sites for hydroxylation is 2. The molecule has 4 nitrogen and oxygen atoms in total. The van der Waals surface area contributed by atoms with Crippen LogP contribution in [-0.4, -0.2) is 14.8 Å². The zero-order valence-corrected chi connectivity index (χ0v) is 11.3. The zero-order chi connectivity index (χ0) is 13.2. The van der Waals surface area contributed by atoms with Gasteiger partial charge in [-0.3, -0.25) is 5.10 Å². The Balaban J connectivity index is 1.81. The first-order valence-electron chi connectivity index (χ1n) is 6.48. The molecule has 0 atom stereocenters. The third kappa shape index (κ3) is 2.15. The van der Waals surface area contributed by atoms with E-state index in [1.165, 1.54) is 27.7 Å². The van der Waals surface area contributed by atoms with Crippen LogP contribution >= 0.6 is 0 Å². The second-order valence-electron chi connectivity index (χ2n) is 4.86. The molecule has 0 saturated carbocycles. The molecule has 4 heteroatoms. The highest BCUT2D eigenvalue weighted by Gasteiger charge is 2.10. The van der Waals surface area contributed by atoms with Crippen molar-refractivity contribution in [2.45, 2.75) is 20.0 Å². The van der Waals surface area contributed by atoms with Gasteiger partial charge < -0.3 is 9.88 Å². The molecule has 0 aliphatic rings.